The molecular weight excluding hydrogens is 212 g/mol. The van der Waals surface area contributed by atoms with Crippen LogP contribution >= 0.6 is 11.6 Å². The van der Waals surface area contributed by atoms with E-state index in [4.69, 9.17) is 16.7 Å². The molecule has 3 heteroatoms. The smallest absolute Gasteiger partial charge is 0.306 e. The summed E-state index contributed by atoms with van der Waals surface area (Å²) < 4.78 is 0. The third-order valence-electron chi connectivity index (χ3n) is 4.35. The minimum absolute atomic E-state index is 0.0904. The Morgan fingerprint density at radius 3 is 2.40 bits per heavy atom. The van der Waals surface area contributed by atoms with Crippen molar-refractivity contribution < 1.29 is 9.90 Å². The van der Waals surface area contributed by atoms with E-state index in [-0.39, 0.29) is 16.7 Å². The summed E-state index contributed by atoms with van der Waals surface area (Å²) in [5.41, 5.74) is 0.283. The second-order valence-corrected chi connectivity index (χ2v) is 5.73. The van der Waals surface area contributed by atoms with Crippen LogP contribution in [0, 0.1) is 11.3 Å². The van der Waals surface area contributed by atoms with Crippen LogP contribution in [0.2, 0.25) is 0 Å². The van der Waals surface area contributed by atoms with Crippen molar-refractivity contribution in [3.8, 4) is 0 Å². The Kier molecular flexibility index (Phi) is 3.24. The van der Waals surface area contributed by atoms with Crippen molar-refractivity contribution in [3.63, 3.8) is 0 Å². The maximum Gasteiger partial charge on any atom is 0.306 e. The topological polar surface area (TPSA) is 37.3 Å². The lowest BCUT2D eigenvalue weighted by Gasteiger charge is -2.45. The van der Waals surface area contributed by atoms with Gasteiger partial charge in [-0.15, -0.1) is 11.6 Å². The van der Waals surface area contributed by atoms with E-state index in [9.17, 15) is 4.79 Å². The molecule has 0 bridgehead atoms. The lowest BCUT2D eigenvalue weighted by Crippen LogP contribution is -2.41. The summed E-state index contributed by atoms with van der Waals surface area (Å²) in [6, 6.07) is 0. The molecule has 2 atom stereocenters. The molecule has 2 nitrogen and oxygen atoms in total. The number of carbonyl (C=O) groups is 1. The zero-order valence-corrected chi connectivity index (χ0v) is 9.80. The van der Waals surface area contributed by atoms with Crippen molar-refractivity contribution in [1.29, 1.82) is 0 Å². The van der Waals surface area contributed by atoms with E-state index < -0.39 is 5.97 Å². The summed E-state index contributed by atoms with van der Waals surface area (Å²) in [4.78, 5) is 10.9. The van der Waals surface area contributed by atoms with Crippen LogP contribution in [0.4, 0.5) is 0 Å². The molecule has 1 spiro atoms. The monoisotopic (exact) mass is 230 g/mol. The van der Waals surface area contributed by atoms with Crippen molar-refractivity contribution in [2.24, 2.45) is 11.3 Å². The zero-order valence-electron chi connectivity index (χ0n) is 9.04. The summed E-state index contributed by atoms with van der Waals surface area (Å²) in [5, 5.41) is 9.07. The normalized spacial score (nSPS) is 35.3. The lowest BCUT2D eigenvalue weighted by molar-refractivity contribution is -0.143. The van der Waals surface area contributed by atoms with E-state index in [0.29, 0.717) is 6.42 Å². The fraction of sp³-hybridized carbons (Fsp3) is 0.917. The fourth-order valence-electron chi connectivity index (χ4n) is 3.28. The average molecular weight is 231 g/mol. The Labute approximate surface area is 96.0 Å². The predicted octanol–water partition coefficient (Wildman–Crippen LogP) is 3.43. The predicted molar refractivity (Wildman–Crippen MR) is 60.1 cm³/mol. The van der Waals surface area contributed by atoms with Crippen molar-refractivity contribution in [2.45, 2.75) is 56.7 Å². The molecule has 86 valence electrons. The van der Waals surface area contributed by atoms with Crippen molar-refractivity contribution in [1.82, 2.24) is 0 Å². The molecule has 2 unspecified atom stereocenters. The van der Waals surface area contributed by atoms with Gasteiger partial charge in [0.1, 0.15) is 0 Å². The molecule has 0 aromatic carbocycles. The molecule has 1 N–H and O–H groups in total. The first-order valence-electron chi connectivity index (χ1n) is 6.01. The second-order valence-electron chi connectivity index (χ2n) is 5.20. The largest absolute Gasteiger partial charge is 0.481 e. The van der Waals surface area contributed by atoms with Gasteiger partial charge in [0.15, 0.2) is 0 Å². The van der Waals surface area contributed by atoms with Crippen LogP contribution < -0.4 is 0 Å². The first kappa shape index (κ1) is 11.3. The quantitative estimate of drug-likeness (QED) is 0.701. The summed E-state index contributed by atoms with van der Waals surface area (Å²) in [5.74, 6) is -0.855. The number of rotatable bonds is 1. The van der Waals surface area contributed by atoms with E-state index in [1.807, 2.05) is 0 Å². The zero-order chi connectivity index (χ0) is 10.9. The van der Waals surface area contributed by atoms with Crippen LogP contribution in [-0.4, -0.2) is 16.5 Å². The first-order chi connectivity index (χ1) is 7.14. The number of alkyl halides is 1. The highest BCUT2D eigenvalue weighted by Gasteiger charge is 2.44. The van der Waals surface area contributed by atoms with Crippen molar-refractivity contribution in [2.75, 3.05) is 0 Å². The SMILES string of the molecule is O=C(O)C1CCC2(CCCCC2)C(Cl)C1. The number of carboxylic acid groups (broad SMARTS) is 1. The highest BCUT2D eigenvalue weighted by molar-refractivity contribution is 6.21. The van der Waals surface area contributed by atoms with Crippen molar-refractivity contribution in [3.05, 3.63) is 0 Å². The van der Waals surface area contributed by atoms with Gasteiger partial charge in [-0.05, 0) is 37.5 Å². The fourth-order valence-corrected chi connectivity index (χ4v) is 3.82. The Hall–Kier alpha value is -0.240. The molecule has 2 fully saturated rings. The molecule has 2 rings (SSSR count). The standard InChI is InChI=1S/C12H19ClO2/c13-10-8-9(11(14)15)4-7-12(10)5-2-1-3-6-12/h9-10H,1-8H2,(H,14,15). The van der Waals surface area contributed by atoms with Gasteiger partial charge in [-0.25, -0.2) is 0 Å². The van der Waals surface area contributed by atoms with Crippen LogP contribution in [0.3, 0.4) is 0 Å². The summed E-state index contributed by atoms with van der Waals surface area (Å²) in [7, 11) is 0. The number of aliphatic carboxylic acids is 1. The third kappa shape index (κ3) is 2.15. The Bertz CT molecular complexity index is 246. The van der Waals surface area contributed by atoms with Gasteiger partial charge in [0.05, 0.1) is 5.92 Å². The van der Waals surface area contributed by atoms with Gasteiger partial charge >= 0.3 is 5.97 Å². The molecule has 0 heterocycles. The van der Waals surface area contributed by atoms with Crippen LogP contribution in [-0.2, 0) is 4.79 Å². The Morgan fingerprint density at radius 1 is 1.20 bits per heavy atom. The van der Waals surface area contributed by atoms with Crippen LogP contribution in [0.15, 0.2) is 0 Å². The van der Waals surface area contributed by atoms with Crippen molar-refractivity contribution >= 4 is 17.6 Å². The molecule has 2 saturated carbocycles. The molecule has 15 heavy (non-hydrogen) atoms. The molecule has 0 aliphatic heterocycles. The second kappa shape index (κ2) is 4.32. The number of carboxylic acids is 1. The summed E-state index contributed by atoms with van der Waals surface area (Å²) in [6.45, 7) is 0. The number of hydrogen-bond acceptors (Lipinski definition) is 1. The number of halogens is 1. The van der Waals surface area contributed by atoms with Crippen LogP contribution in [0.25, 0.3) is 0 Å². The first-order valence-corrected chi connectivity index (χ1v) is 6.45. The van der Waals surface area contributed by atoms with Gasteiger partial charge in [0.25, 0.3) is 0 Å². The molecule has 0 saturated heterocycles. The lowest BCUT2D eigenvalue weighted by atomic mass is 9.63. The molecule has 0 aromatic rings. The van der Waals surface area contributed by atoms with Crippen LogP contribution in [0.1, 0.15) is 51.4 Å². The minimum Gasteiger partial charge on any atom is -0.481 e. The summed E-state index contributed by atoms with van der Waals surface area (Å²) >= 11 is 6.43. The van der Waals surface area contributed by atoms with Gasteiger partial charge in [0, 0.05) is 5.38 Å². The highest BCUT2D eigenvalue weighted by atomic mass is 35.5. The van der Waals surface area contributed by atoms with E-state index >= 15 is 0 Å². The number of hydrogen-bond donors (Lipinski definition) is 1. The third-order valence-corrected chi connectivity index (χ3v) is 4.99. The van der Waals surface area contributed by atoms with Gasteiger partial charge in [0.2, 0.25) is 0 Å². The highest BCUT2D eigenvalue weighted by Crippen LogP contribution is 2.51. The Balaban J connectivity index is 2.02. The van der Waals surface area contributed by atoms with Crippen LogP contribution in [0.5, 0.6) is 0 Å². The molecular formula is C12H19ClO2. The molecule has 0 amide bonds. The van der Waals surface area contributed by atoms with E-state index in [2.05, 4.69) is 0 Å². The van der Waals surface area contributed by atoms with E-state index in [1.165, 1.54) is 32.1 Å². The molecule has 0 radical (unpaired) electrons. The van der Waals surface area contributed by atoms with Gasteiger partial charge in [-0.2, -0.15) is 0 Å². The van der Waals surface area contributed by atoms with Gasteiger partial charge in [-0.1, -0.05) is 19.3 Å². The average Bonchev–Trinajstić information content (AvgIpc) is 2.23. The van der Waals surface area contributed by atoms with Gasteiger partial charge < -0.3 is 5.11 Å². The Morgan fingerprint density at radius 2 is 1.87 bits per heavy atom. The maximum absolute atomic E-state index is 10.9. The molecule has 2 aliphatic rings. The van der Waals surface area contributed by atoms with Gasteiger partial charge in [-0.3, -0.25) is 4.79 Å². The maximum atomic E-state index is 10.9. The minimum atomic E-state index is -0.661. The summed E-state index contributed by atoms with van der Waals surface area (Å²) in [6.07, 6.45) is 8.85. The molecule has 0 aromatic heterocycles. The van der Waals surface area contributed by atoms with E-state index in [1.54, 1.807) is 0 Å². The molecule has 2 aliphatic carbocycles. The van der Waals surface area contributed by atoms with E-state index in [0.717, 1.165) is 12.8 Å².